The molecule has 1 aromatic carbocycles. The summed E-state index contributed by atoms with van der Waals surface area (Å²) in [5.74, 6) is 0. The van der Waals surface area contributed by atoms with E-state index in [4.69, 9.17) is 4.74 Å². The molecule has 4 N–H and O–H groups in total. The zero-order valence-corrected chi connectivity index (χ0v) is 16.2. The average molecular weight is 380 g/mol. The van der Waals surface area contributed by atoms with Crippen LogP contribution in [-0.2, 0) is 11.3 Å². The van der Waals surface area contributed by atoms with Crippen molar-refractivity contribution in [3.05, 3.63) is 34.9 Å². The Bertz CT molecular complexity index is 618. The summed E-state index contributed by atoms with van der Waals surface area (Å²) in [6.45, 7) is 9.94. The van der Waals surface area contributed by atoms with Gasteiger partial charge in [0.15, 0.2) is 0 Å². The second-order valence-electron chi connectivity index (χ2n) is 7.65. The highest BCUT2D eigenvalue weighted by molar-refractivity contribution is 5.33. The summed E-state index contributed by atoms with van der Waals surface area (Å²) < 4.78 is 5.70. The third-order valence-corrected chi connectivity index (χ3v) is 5.90. The zero-order chi connectivity index (χ0) is 19.6. The van der Waals surface area contributed by atoms with Crippen molar-refractivity contribution in [1.82, 2.24) is 9.80 Å². The third-order valence-electron chi connectivity index (χ3n) is 5.90. The van der Waals surface area contributed by atoms with E-state index in [-0.39, 0.29) is 0 Å². The van der Waals surface area contributed by atoms with Gasteiger partial charge in [0.2, 0.25) is 0 Å². The SMILES string of the molecule is CCN1CCN(Cc2cc([C@@H]3O[C@H](CO)[C@@H](O)[C@H](O)[C@H]3O)ccc2C)CC1. The lowest BCUT2D eigenvalue weighted by Gasteiger charge is -2.40. The number of aryl methyl sites for hydroxylation is 1. The molecule has 1 aromatic rings. The molecule has 0 aromatic heterocycles. The molecule has 27 heavy (non-hydrogen) atoms. The lowest BCUT2D eigenvalue weighted by molar-refractivity contribution is -0.231. The molecule has 0 saturated carbocycles. The molecule has 152 valence electrons. The average Bonchev–Trinajstić information content (AvgIpc) is 2.69. The quantitative estimate of drug-likeness (QED) is 0.554. The Balaban J connectivity index is 1.74. The molecule has 3 rings (SSSR count). The number of piperazine rings is 1. The number of likely N-dealkylation sites (N-methyl/N-ethyl adjacent to an activating group) is 1. The van der Waals surface area contributed by atoms with Crippen molar-refractivity contribution in [2.75, 3.05) is 39.3 Å². The van der Waals surface area contributed by atoms with Gasteiger partial charge in [-0.1, -0.05) is 25.1 Å². The second kappa shape index (κ2) is 8.96. The van der Waals surface area contributed by atoms with Crippen molar-refractivity contribution in [3.63, 3.8) is 0 Å². The Morgan fingerprint density at radius 1 is 1.00 bits per heavy atom. The number of hydrogen-bond donors (Lipinski definition) is 4. The lowest BCUT2D eigenvalue weighted by atomic mass is 9.90. The molecule has 2 fully saturated rings. The Morgan fingerprint density at radius 3 is 2.30 bits per heavy atom. The van der Waals surface area contributed by atoms with E-state index in [1.54, 1.807) is 0 Å². The van der Waals surface area contributed by atoms with Gasteiger partial charge in [-0.15, -0.1) is 0 Å². The van der Waals surface area contributed by atoms with Crippen molar-refractivity contribution < 1.29 is 25.2 Å². The zero-order valence-electron chi connectivity index (χ0n) is 16.2. The van der Waals surface area contributed by atoms with Crippen molar-refractivity contribution in [3.8, 4) is 0 Å². The number of rotatable bonds is 5. The van der Waals surface area contributed by atoms with Gasteiger partial charge in [-0.25, -0.2) is 0 Å². The molecule has 2 saturated heterocycles. The molecule has 0 amide bonds. The van der Waals surface area contributed by atoms with Gasteiger partial charge in [-0.05, 0) is 30.2 Å². The predicted octanol–water partition coefficient (Wildman–Crippen LogP) is -0.353. The van der Waals surface area contributed by atoms with E-state index in [1.807, 2.05) is 18.2 Å². The summed E-state index contributed by atoms with van der Waals surface area (Å²) in [6, 6.07) is 5.88. The number of nitrogens with zero attached hydrogens (tertiary/aromatic N) is 2. The van der Waals surface area contributed by atoms with E-state index in [0.29, 0.717) is 0 Å². The van der Waals surface area contributed by atoms with E-state index in [2.05, 4.69) is 23.6 Å². The summed E-state index contributed by atoms with van der Waals surface area (Å²) in [5.41, 5.74) is 3.08. The molecule has 0 aliphatic carbocycles. The van der Waals surface area contributed by atoms with Crippen LogP contribution in [0.3, 0.4) is 0 Å². The van der Waals surface area contributed by atoms with Gasteiger partial charge in [0.25, 0.3) is 0 Å². The van der Waals surface area contributed by atoms with Crippen LogP contribution >= 0.6 is 0 Å². The van der Waals surface area contributed by atoms with E-state index in [9.17, 15) is 20.4 Å². The largest absolute Gasteiger partial charge is 0.394 e. The van der Waals surface area contributed by atoms with E-state index < -0.39 is 37.1 Å². The molecule has 2 aliphatic heterocycles. The maximum Gasteiger partial charge on any atom is 0.113 e. The fourth-order valence-corrected chi connectivity index (χ4v) is 3.92. The maximum atomic E-state index is 10.4. The number of benzene rings is 1. The van der Waals surface area contributed by atoms with Gasteiger partial charge in [0.1, 0.15) is 30.5 Å². The summed E-state index contributed by atoms with van der Waals surface area (Å²) in [5, 5.41) is 39.8. The Morgan fingerprint density at radius 2 is 1.67 bits per heavy atom. The summed E-state index contributed by atoms with van der Waals surface area (Å²) in [6.07, 6.45) is -5.60. The van der Waals surface area contributed by atoms with Gasteiger partial charge < -0.3 is 30.1 Å². The summed E-state index contributed by atoms with van der Waals surface area (Å²) >= 11 is 0. The lowest BCUT2D eigenvalue weighted by Crippen LogP contribution is -2.55. The standard InChI is InChI=1S/C20H32N2O5/c1-3-21-6-8-22(9-7-21)11-15-10-14(5-4-13(15)2)20-19(26)18(25)17(24)16(12-23)27-20/h4-5,10,16-20,23-26H,3,6-9,11-12H2,1-2H3/t16-,17-,18+,19-,20+/m1/s1. The van der Waals surface area contributed by atoms with Gasteiger partial charge in [0, 0.05) is 32.7 Å². The molecule has 5 atom stereocenters. The Labute approximate surface area is 160 Å². The molecular formula is C20H32N2O5. The molecule has 7 heteroatoms. The van der Waals surface area contributed by atoms with Crippen molar-refractivity contribution >= 4 is 0 Å². The van der Waals surface area contributed by atoms with Crippen molar-refractivity contribution in [2.45, 2.75) is 50.9 Å². The maximum absolute atomic E-state index is 10.4. The molecule has 2 aliphatic rings. The Hall–Kier alpha value is -1.06. The van der Waals surface area contributed by atoms with E-state index in [1.165, 1.54) is 5.56 Å². The van der Waals surface area contributed by atoms with Gasteiger partial charge in [-0.2, -0.15) is 0 Å². The third kappa shape index (κ3) is 4.51. The minimum atomic E-state index is -1.35. The van der Waals surface area contributed by atoms with E-state index in [0.717, 1.165) is 50.4 Å². The van der Waals surface area contributed by atoms with Crippen LogP contribution < -0.4 is 0 Å². The summed E-state index contributed by atoms with van der Waals surface area (Å²) in [4.78, 5) is 4.86. The van der Waals surface area contributed by atoms with Crippen LogP contribution in [0, 0.1) is 6.92 Å². The minimum absolute atomic E-state index is 0.415. The van der Waals surface area contributed by atoms with Gasteiger partial charge in [-0.3, -0.25) is 4.90 Å². The first-order valence-corrected chi connectivity index (χ1v) is 9.79. The number of aliphatic hydroxyl groups excluding tert-OH is 4. The topological polar surface area (TPSA) is 96.6 Å². The van der Waals surface area contributed by atoms with Crippen LogP contribution in [0.1, 0.15) is 29.7 Å². The minimum Gasteiger partial charge on any atom is -0.394 e. The fraction of sp³-hybridized carbons (Fsp3) is 0.700. The fourth-order valence-electron chi connectivity index (χ4n) is 3.92. The van der Waals surface area contributed by atoms with Crippen LogP contribution in [0.5, 0.6) is 0 Å². The van der Waals surface area contributed by atoms with Crippen molar-refractivity contribution in [1.29, 1.82) is 0 Å². The normalized spacial score (nSPS) is 33.3. The highest BCUT2D eigenvalue weighted by atomic mass is 16.5. The van der Waals surface area contributed by atoms with Crippen LogP contribution in [-0.4, -0.2) is 94.0 Å². The highest BCUT2D eigenvalue weighted by Crippen LogP contribution is 2.33. The van der Waals surface area contributed by atoms with Crippen LogP contribution in [0.25, 0.3) is 0 Å². The van der Waals surface area contributed by atoms with Crippen molar-refractivity contribution in [2.24, 2.45) is 0 Å². The van der Waals surface area contributed by atoms with Crippen LogP contribution in [0.2, 0.25) is 0 Å². The van der Waals surface area contributed by atoms with Gasteiger partial charge >= 0.3 is 0 Å². The Kier molecular flexibility index (Phi) is 6.86. The van der Waals surface area contributed by atoms with Crippen LogP contribution in [0.4, 0.5) is 0 Å². The van der Waals surface area contributed by atoms with E-state index >= 15 is 0 Å². The monoisotopic (exact) mass is 380 g/mol. The smallest absolute Gasteiger partial charge is 0.113 e. The molecular weight excluding hydrogens is 348 g/mol. The molecule has 0 radical (unpaired) electrons. The number of ether oxygens (including phenoxy) is 1. The first kappa shape index (κ1) is 20.7. The molecule has 2 heterocycles. The predicted molar refractivity (Wildman–Crippen MR) is 101 cm³/mol. The number of hydrogen-bond acceptors (Lipinski definition) is 7. The molecule has 0 bridgehead atoms. The highest BCUT2D eigenvalue weighted by Gasteiger charge is 2.44. The number of aliphatic hydroxyl groups is 4. The first-order valence-electron chi connectivity index (χ1n) is 9.79. The summed E-state index contributed by atoms with van der Waals surface area (Å²) in [7, 11) is 0. The molecule has 0 unspecified atom stereocenters. The van der Waals surface area contributed by atoms with Gasteiger partial charge in [0.05, 0.1) is 6.61 Å². The molecule has 0 spiro atoms. The second-order valence-corrected chi connectivity index (χ2v) is 7.65. The van der Waals surface area contributed by atoms with Crippen LogP contribution in [0.15, 0.2) is 18.2 Å². The first-order chi connectivity index (χ1) is 12.9. The molecule has 7 nitrogen and oxygen atoms in total.